The van der Waals surface area contributed by atoms with Crippen molar-refractivity contribution >= 4 is 5.91 Å². The SMILES string of the molecule is Cc1ccc([C@H](CO)NC(=O)c2ccc3c(c2)CN(C[C@H]2CC[C@H](C)CC2)[C@@H]3C(C)C)nc1. The summed E-state index contributed by atoms with van der Waals surface area (Å²) in [6, 6.07) is 9.84. The van der Waals surface area contributed by atoms with Crippen molar-refractivity contribution in [1.29, 1.82) is 0 Å². The van der Waals surface area contributed by atoms with Gasteiger partial charge in [0.25, 0.3) is 5.91 Å². The van der Waals surface area contributed by atoms with E-state index in [1.54, 1.807) is 6.20 Å². The zero-order chi connectivity index (χ0) is 23.5. The Morgan fingerprint density at radius 2 is 1.94 bits per heavy atom. The number of benzene rings is 1. The predicted octanol–water partition coefficient (Wildman–Crippen LogP) is 5.19. The van der Waals surface area contributed by atoms with Crippen LogP contribution >= 0.6 is 0 Å². The molecular formula is C28H39N3O2. The molecule has 0 spiro atoms. The molecule has 1 aromatic heterocycles. The number of fused-ring (bicyclic) bond motifs is 1. The van der Waals surface area contributed by atoms with Crippen molar-refractivity contribution in [3.8, 4) is 0 Å². The summed E-state index contributed by atoms with van der Waals surface area (Å²) in [5, 5.41) is 12.8. The largest absolute Gasteiger partial charge is 0.394 e. The zero-order valence-corrected chi connectivity index (χ0v) is 20.6. The highest BCUT2D eigenvalue weighted by molar-refractivity contribution is 5.94. The average molecular weight is 450 g/mol. The molecule has 2 N–H and O–H groups in total. The first-order chi connectivity index (χ1) is 15.9. The molecule has 1 amide bonds. The highest BCUT2D eigenvalue weighted by Gasteiger charge is 2.34. The molecule has 0 bridgehead atoms. The molecule has 33 heavy (non-hydrogen) atoms. The number of aliphatic hydroxyl groups is 1. The number of hydrogen-bond acceptors (Lipinski definition) is 4. The van der Waals surface area contributed by atoms with E-state index in [2.05, 4.69) is 48.1 Å². The number of rotatable bonds is 7. The molecule has 2 heterocycles. The summed E-state index contributed by atoms with van der Waals surface area (Å²) >= 11 is 0. The van der Waals surface area contributed by atoms with Crippen LogP contribution < -0.4 is 5.32 Å². The van der Waals surface area contributed by atoms with Gasteiger partial charge in [-0.05, 0) is 72.4 Å². The lowest BCUT2D eigenvalue weighted by Gasteiger charge is -2.34. The van der Waals surface area contributed by atoms with Crippen LogP contribution in [0.5, 0.6) is 0 Å². The molecule has 2 aliphatic rings. The number of aryl methyl sites for hydroxylation is 1. The highest BCUT2D eigenvalue weighted by Crippen LogP contribution is 2.41. The third kappa shape index (κ3) is 5.47. The van der Waals surface area contributed by atoms with Gasteiger partial charge in [-0.2, -0.15) is 0 Å². The van der Waals surface area contributed by atoms with E-state index < -0.39 is 6.04 Å². The molecule has 178 valence electrons. The molecular weight excluding hydrogens is 410 g/mol. The number of pyridine rings is 1. The summed E-state index contributed by atoms with van der Waals surface area (Å²) in [7, 11) is 0. The van der Waals surface area contributed by atoms with Crippen molar-refractivity contribution < 1.29 is 9.90 Å². The van der Waals surface area contributed by atoms with Crippen LogP contribution in [0.3, 0.4) is 0 Å². The Labute approximate surface area is 198 Å². The molecule has 0 unspecified atom stereocenters. The number of aliphatic hydroxyl groups excluding tert-OH is 1. The van der Waals surface area contributed by atoms with Gasteiger partial charge in [-0.3, -0.25) is 14.7 Å². The van der Waals surface area contributed by atoms with E-state index in [0.717, 1.165) is 30.5 Å². The second kappa shape index (κ2) is 10.4. The molecule has 2 aromatic rings. The van der Waals surface area contributed by atoms with Crippen LogP contribution in [-0.4, -0.2) is 34.0 Å². The Morgan fingerprint density at radius 3 is 2.58 bits per heavy atom. The lowest BCUT2D eigenvalue weighted by Crippen LogP contribution is -2.32. The van der Waals surface area contributed by atoms with Gasteiger partial charge in [0.05, 0.1) is 18.3 Å². The van der Waals surface area contributed by atoms with Crippen LogP contribution in [-0.2, 0) is 6.54 Å². The van der Waals surface area contributed by atoms with E-state index in [-0.39, 0.29) is 12.5 Å². The second-order valence-electron chi connectivity index (χ2n) is 10.6. The van der Waals surface area contributed by atoms with Gasteiger partial charge in [0, 0.05) is 30.9 Å². The van der Waals surface area contributed by atoms with Crippen LogP contribution in [0.2, 0.25) is 0 Å². The fourth-order valence-electron chi connectivity index (χ4n) is 5.63. The van der Waals surface area contributed by atoms with Crippen molar-refractivity contribution in [3.63, 3.8) is 0 Å². The monoisotopic (exact) mass is 449 g/mol. The lowest BCUT2D eigenvalue weighted by molar-refractivity contribution is 0.0914. The third-order valence-electron chi connectivity index (χ3n) is 7.53. The van der Waals surface area contributed by atoms with Gasteiger partial charge in [-0.25, -0.2) is 0 Å². The van der Waals surface area contributed by atoms with Crippen LogP contribution in [0.25, 0.3) is 0 Å². The van der Waals surface area contributed by atoms with Gasteiger partial charge in [0.1, 0.15) is 0 Å². The summed E-state index contributed by atoms with van der Waals surface area (Å²) in [6.45, 7) is 10.8. The Bertz CT molecular complexity index is 948. The Morgan fingerprint density at radius 1 is 1.18 bits per heavy atom. The number of nitrogens with one attached hydrogen (secondary N) is 1. The Hall–Kier alpha value is -2.24. The van der Waals surface area contributed by atoms with Crippen LogP contribution in [0.15, 0.2) is 36.5 Å². The Balaban J connectivity index is 1.47. The molecule has 0 saturated heterocycles. The van der Waals surface area contributed by atoms with E-state index in [9.17, 15) is 9.90 Å². The molecule has 1 aliphatic carbocycles. The van der Waals surface area contributed by atoms with Crippen LogP contribution in [0, 0.1) is 24.7 Å². The van der Waals surface area contributed by atoms with Crippen molar-refractivity contribution in [3.05, 3.63) is 64.5 Å². The minimum Gasteiger partial charge on any atom is -0.394 e. The van der Waals surface area contributed by atoms with E-state index in [0.29, 0.717) is 23.2 Å². The average Bonchev–Trinajstić information content (AvgIpc) is 3.16. The summed E-state index contributed by atoms with van der Waals surface area (Å²) in [5.41, 5.74) is 5.00. The number of hydrogen-bond donors (Lipinski definition) is 2. The number of carbonyl (C=O) groups is 1. The molecule has 0 radical (unpaired) electrons. The summed E-state index contributed by atoms with van der Waals surface area (Å²) < 4.78 is 0. The number of nitrogens with zero attached hydrogens (tertiary/aromatic N) is 2. The second-order valence-corrected chi connectivity index (χ2v) is 10.6. The highest BCUT2D eigenvalue weighted by atomic mass is 16.3. The molecule has 5 nitrogen and oxygen atoms in total. The smallest absolute Gasteiger partial charge is 0.251 e. The fourth-order valence-corrected chi connectivity index (χ4v) is 5.63. The van der Waals surface area contributed by atoms with E-state index in [1.807, 2.05) is 25.1 Å². The summed E-state index contributed by atoms with van der Waals surface area (Å²) in [5.74, 6) is 2.02. The Kier molecular flexibility index (Phi) is 7.50. The third-order valence-corrected chi connectivity index (χ3v) is 7.53. The number of carbonyl (C=O) groups excluding carboxylic acids is 1. The van der Waals surface area contributed by atoms with Crippen molar-refractivity contribution in [1.82, 2.24) is 15.2 Å². The van der Waals surface area contributed by atoms with Gasteiger partial charge in [-0.15, -0.1) is 0 Å². The number of amides is 1. The van der Waals surface area contributed by atoms with Crippen molar-refractivity contribution in [2.24, 2.45) is 17.8 Å². The topological polar surface area (TPSA) is 65.5 Å². The first-order valence-electron chi connectivity index (χ1n) is 12.6. The van der Waals surface area contributed by atoms with Gasteiger partial charge in [0.15, 0.2) is 0 Å². The molecule has 2 atom stereocenters. The van der Waals surface area contributed by atoms with Gasteiger partial charge in [0.2, 0.25) is 0 Å². The van der Waals surface area contributed by atoms with E-state index in [4.69, 9.17) is 0 Å². The van der Waals surface area contributed by atoms with Crippen molar-refractivity contribution in [2.45, 2.75) is 72.0 Å². The maximum Gasteiger partial charge on any atom is 0.251 e. The first kappa shape index (κ1) is 23.9. The summed E-state index contributed by atoms with van der Waals surface area (Å²) in [6.07, 6.45) is 7.13. The van der Waals surface area contributed by atoms with Gasteiger partial charge in [-0.1, -0.05) is 45.7 Å². The van der Waals surface area contributed by atoms with E-state index >= 15 is 0 Å². The normalized spacial score (nSPS) is 24.0. The maximum atomic E-state index is 13.0. The lowest BCUT2D eigenvalue weighted by atomic mass is 9.82. The summed E-state index contributed by atoms with van der Waals surface area (Å²) in [4.78, 5) is 20.1. The number of aromatic nitrogens is 1. The molecule has 1 aliphatic heterocycles. The minimum atomic E-state index is -0.514. The molecule has 5 heteroatoms. The molecule has 1 aromatic carbocycles. The van der Waals surface area contributed by atoms with Gasteiger partial charge < -0.3 is 10.4 Å². The van der Waals surface area contributed by atoms with Crippen LogP contribution in [0.1, 0.15) is 91.3 Å². The predicted molar refractivity (Wildman–Crippen MR) is 132 cm³/mol. The van der Waals surface area contributed by atoms with E-state index in [1.165, 1.54) is 36.8 Å². The zero-order valence-electron chi connectivity index (χ0n) is 20.6. The quantitative estimate of drug-likeness (QED) is 0.610. The first-order valence-corrected chi connectivity index (χ1v) is 12.6. The molecule has 1 fully saturated rings. The standard InChI is InChI=1S/C28H39N3O2/c1-18(2)27-24-11-10-22(28(33)30-26(17-32)25-12-7-20(4)14-29-25)13-23(24)16-31(27)15-21-8-5-19(3)6-9-21/h7,10-14,18-19,21,26-27,32H,5-6,8-9,15-17H2,1-4H3,(H,30,33)/t19-,21-,26-,27+/m0/s1. The maximum absolute atomic E-state index is 13.0. The molecule has 1 saturated carbocycles. The van der Waals surface area contributed by atoms with Crippen molar-refractivity contribution in [2.75, 3.05) is 13.2 Å². The van der Waals surface area contributed by atoms with Gasteiger partial charge >= 0.3 is 0 Å². The fraction of sp³-hybridized carbons (Fsp3) is 0.571. The van der Waals surface area contributed by atoms with Crippen LogP contribution in [0.4, 0.5) is 0 Å². The minimum absolute atomic E-state index is 0.167. The molecule has 4 rings (SSSR count).